The van der Waals surface area contributed by atoms with Crippen LogP contribution in [0.2, 0.25) is 0 Å². The molecule has 1 N–H and O–H groups in total. The smallest absolute Gasteiger partial charge is 0.408 e. The number of nitrogens with zero attached hydrogens (tertiary/aromatic N) is 1. The molecule has 0 bridgehead atoms. The summed E-state index contributed by atoms with van der Waals surface area (Å²) in [5.41, 5.74) is 0. The van der Waals surface area contributed by atoms with Gasteiger partial charge in [-0.15, -0.1) is 11.6 Å². The summed E-state index contributed by atoms with van der Waals surface area (Å²) in [6, 6.07) is -0.381. The third-order valence-electron chi connectivity index (χ3n) is 2.83. The largest absolute Gasteiger partial charge is 0.465 e. The molecule has 0 aromatic rings. The lowest BCUT2D eigenvalue weighted by atomic mass is 10.1. The fourth-order valence-electron chi connectivity index (χ4n) is 2.11. The molecule has 2 rings (SSSR count). The summed E-state index contributed by atoms with van der Waals surface area (Å²) in [6.07, 6.45) is 0.592. The van der Waals surface area contributed by atoms with Crippen molar-refractivity contribution in [2.24, 2.45) is 5.92 Å². The Kier molecular flexibility index (Phi) is 1.95. The Balaban J connectivity index is 2.12. The summed E-state index contributed by atoms with van der Waals surface area (Å²) < 4.78 is 0. The summed E-state index contributed by atoms with van der Waals surface area (Å²) >= 11 is 5.40. The van der Waals surface area contributed by atoms with E-state index in [4.69, 9.17) is 16.7 Å². The predicted octanol–water partition coefficient (Wildman–Crippen LogP) is 0.935. The Bertz CT molecular complexity index is 268. The lowest BCUT2D eigenvalue weighted by Crippen LogP contribution is -2.42. The van der Waals surface area contributed by atoms with Gasteiger partial charge >= 0.3 is 6.09 Å². The summed E-state index contributed by atoms with van der Waals surface area (Å²) in [5.74, 6) is 0.151. The van der Waals surface area contributed by atoms with Crippen LogP contribution < -0.4 is 0 Å². The summed E-state index contributed by atoms with van der Waals surface area (Å²) in [7, 11) is 0. The van der Waals surface area contributed by atoms with E-state index in [9.17, 15) is 9.59 Å². The molecule has 1 aliphatic carbocycles. The molecule has 0 radical (unpaired) electrons. The highest BCUT2D eigenvalue weighted by atomic mass is 35.5. The Morgan fingerprint density at radius 3 is 2.69 bits per heavy atom. The minimum Gasteiger partial charge on any atom is -0.465 e. The Morgan fingerprint density at radius 1 is 1.46 bits per heavy atom. The molecular formula is C8H10ClNO3. The predicted molar refractivity (Wildman–Crippen MR) is 45.9 cm³/mol. The van der Waals surface area contributed by atoms with Crippen LogP contribution in [0, 0.1) is 5.92 Å². The summed E-state index contributed by atoms with van der Waals surface area (Å²) in [4.78, 5) is 23.3. The monoisotopic (exact) mass is 203 g/mol. The fraction of sp³-hybridized carbons (Fsp3) is 0.750. The molecule has 2 aliphatic rings. The van der Waals surface area contributed by atoms with Crippen LogP contribution in [0.25, 0.3) is 0 Å². The first-order valence-electron chi connectivity index (χ1n) is 4.25. The van der Waals surface area contributed by atoms with Gasteiger partial charge in [0, 0.05) is 6.04 Å². The van der Waals surface area contributed by atoms with Crippen molar-refractivity contribution in [2.75, 3.05) is 5.88 Å². The maximum absolute atomic E-state index is 11.3. The lowest BCUT2D eigenvalue weighted by molar-refractivity contribution is -0.120. The van der Waals surface area contributed by atoms with E-state index in [0.29, 0.717) is 12.3 Å². The van der Waals surface area contributed by atoms with Crippen molar-refractivity contribution < 1.29 is 14.7 Å². The van der Waals surface area contributed by atoms with Gasteiger partial charge in [0.2, 0.25) is 0 Å². The normalized spacial score (nSPS) is 35.8. The van der Waals surface area contributed by atoms with E-state index < -0.39 is 12.1 Å². The maximum atomic E-state index is 11.3. The van der Waals surface area contributed by atoms with Crippen LogP contribution in [0.15, 0.2) is 0 Å². The molecule has 1 saturated carbocycles. The average Bonchev–Trinajstić information content (AvgIpc) is 2.74. The second-order valence-corrected chi connectivity index (χ2v) is 3.87. The first-order valence-corrected chi connectivity index (χ1v) is 4.78. The fourth-order valence-corrected chi connectivity index (χ4v) is 2.29. The molecule has 1 amide bonds. The van der Waals surface area contributed by atoms with E-state index in [-0.39, 0.29) is 17.7 Å². The number of likely N-dealkylation sites (tertiary alicyclic amines) is 1. The van der Waals surface area contributed by atoms with E-state index in [1.54, 1.807) is 0 Å². The maximum Gasteiger partial charge on any atom is 0.408 e. The number of Topliss-reactive ketones (excluding diaryl/α,β-unsaturated/α-hetero) is 1. The molecule has 1 heterocycles. The third kappa shape index (κ3) is 1.29. The van der Waals surface area contributed by atoms with E-state index in [2.05, 4.69) is 0 Å². The van der Waals surface area contributed by atoms with Crippen LogP contribution in [0.4, 0.5) is 4.79 Å². The number of rotatable bonds is 2. The molecule has 3 atom stereocenters. The number of carbonyl (C=O) groups excluding carboxylic acids is 1. The molecule has 0 aromatic heterocycles. The van der Waals surface area contributed by atoms with Gasteiger partial charge in [-0.05, 0) is 18.8 Å². The zero-order valence-corrected chi connectivity index (χ0v) is 7.70. The van der Waals surface area contributed by atoms with Crippen molar-refractivity contribution in [3.8, 4) is 0 Å². The van der Waals surface area contributed by atoms with Crippen LogP contribution in [0.1, 0.15) is 12.8 Å². The number of carboxylic acid groups (broad SMARTS) is 1. The topological polar surface area (TPSA) is 57.6 Å². The van der Waals surface area contributed by atoms with Gasteiger partial charge < -0.3 is 5.11 Å². The zero-order chi connectivity index (χ0) is 9.59. The van der Waals surface area contributed by atoms with Crippen molar-refractivity contribution in [1.29, 1.82) is 0 Å². The van der Waals surface area contributed by atoms with Gasteiger partial charge in [-0.3, -0.25) is 9.69 Å². The van der Waals surface area contributed by atoms with Gasteiger partial charge in [0.1, 0.15) is 0 Å². The van der Waals surface area contributed by atoms with Gasteiger partial charge in [-0.1, -0.05) is 0 Å². The second-order valence-electron chi connectivity index (χ2n) is 3.60. The average molecular weight is 204 g/mol. The van der Waals surface area contributed by atoms with Crippen molar-refractivity contribution in [3.05, 3.63) is 0 Å². The quantitative estimate of drug-likeness (QED) is 0.680. The first kappa shape index (κ1) is 8.81. The third-order valence-corrected chi connectivity index (χ3v) is 3.09. The number of fused-ring (bicyclic) bond motifs is 1. The van der Waals surface area contributed by atoms with E-state index in [1.165, 1.54) is 4.90 Å². The lowest BCUT2D eigenvalue weighted by Gasteiger charge is -2.22. The molecule has 2 fully saturated rings. The molecule has 1 saturated heterocycles. The molecule has 5 heteroatoms. The number of amides is 1. The van der Waals surface area contributed by atoms with Gasteiger partial charge in [0.05, 0.1) is 11.9 Å². The van der Waals surface area contributed by atoms with Crippen molar-refractivity contribution in [2.45, 2.75) is 24.9 Å². The van der Waals surface area contributed by atoms with E-state index >= 15 is 0 Å². The van der Waals surface area contributed by atoms with Crippen LogP contribution >= 0.6 is 11.6 Å². The van der Waals surface area contributed by atoms with Gasteiger partial charge in [-0.2, -0.15) is 0 Å². The van der Waals surface area contributed by atoms with Crippen LogP contribution in [-0.4, -0.2) is 39.8 Å². The number of ketones is 1. The summed E-state index contributed by atoms with van der Waals surface area (Å²) in [5, 5.41) is 8.86. The number of hydrogen-bond donors (Lipinski definition) is 1. The molecule has 0 unspecified atom stereocenters. The number of hydrogen-bond acceptors (Lipinski definition) is 2. The molecule has 13 heavy (non-hydrogen) atoms. The highest BCUT2D eigenvalue weighted by Crippen LogP contribution is 2.47. The Labute approximate surface area is 80.5 Å². The van der Waals surface area contributed by atoms with E-state index in [0.717, 1.165) is 6.42 Å². The minimum atomic E-state index is -0.992. The second kappa shape index (κ2) is 2.87. The van der Waals surface area contributed by atoms with Crippen LogP contribution in [0.3, 0.4) is 0 Å². The van der Waals surface area contributed by atoms with Gasteiger partial charge in [0.25, 0.3) is 0 Å². The molecule has 0 aromatic carbocycles. The van der Waals surface area contributed by atoms with Crippen LogP contribution in [-0.2, 0) is 4.79 Å². The Hall–Kier alpha value is -0.770. The molecule has 4 nitrogen and oxygen atoms in total. The molecule has 0 spiro atoms. The summed E-state index contributed by atoms with van der Waals surface area (Å²) in [6.45, 7) is 0. The molecule has 1 aliphatic heterocycles. The number of halogens is 1. The highest BCUT2D eigenvalue weighted by Gasteiger charge is 2.55. The molecular weight excluding hydrogens is 194 g/mol. The SMILES string of the molecule is O=C(CCl)[C@@H]1C[C@H]2C[C@H]2N1C(=O)O. The standard InChI is InChI=1S/C8H10ClNO3/c9-3-7(11)6-2-4-1-5(4)10(6)8(12)13/h4-6H,1-3H2,(H,12,13)/t4-,5-,6+/m1/s1. The Morgan fingerprint density at radius 2 is 2.15 bits per heavy atom. The van der Waals surface area contributed by atoms with E-state index in [1.807, 2.05) is 0 Å². The van der Waals surface area contributed by atoms with Crippen molar-refractivity contribution >= 4 is 23.5 Å². The van der Waals surface area contributed by atoms with Gasteiger partial charge in [0.15, 0.2) is 5.78 Å². The number of alkyl halides is 1. The molecule has 72 valence electrons. The highest BCUT2D eigenvalue weighted by molar-refractivity contribution is 6.28. The van der Waals surface area contributed by atoms with Crippen molar-refractivity contribution in [1.82, 2.24) is 4.90 Å². The number of carbonyl (C=O) groups is 2. The van der Waals surface area contributed by atoms with Crippen LogP contribution in [0.5, 0.6) is 0 Å². The van der Waals surface area contributed by atoms with Gasteiger partial charge in [-0.25, -0.2) is 4.79 Å². The zero-order valence-electron chi connectivity index (χ0n) is 6.94. The minimum absolute atomic E-state index is 0.0894. The number of piperidine rings is 1. The first-order chi connectivity index (χ1) is 6.15. The van der Waals surface area contributed by atoms with Crippen molar-refractivity contribution in [3.63, 3.8) is 0 Å².